The van der Waals surface area contributed by atoms with Crippen molar-refractivity contribution in [3.8, 4) is 0 Å². The smallest absolute Gasteiger partial charge is 0.130 e. The van der Waals surface area contributed by atoms with Crippen LogP contribution in [0, 0.1) is 6.92 Å². The number of aryl methyl sites for hydroxylation is 1. The Labute approximate surface area is 157 Å². The van der Waals surface area contributed by atoms with E-state index in [1.54, 1.807) is 0 Å². The van der Waals surface area contributed by atoms with E-state index in [-0.39, 0.29) is 5.41 Å². The van der Waals surface area contributed by atoms with Gasteiger partial charge >= 0.3 is 0 Å². The average Bonchev–Trinajstić information content (AvgIpc) is 3.48. The number of benzene rings is 2. The second kappa shape index (κ2) is 7.49. The second-order valence-corrected chi connectivity index (χ2v) is 7.25. The molecule has 2 aromatic carbocycles. The molecule has 0 spiro atoms. The van der Waals surface area contributed by atoms with Crippen LogP contribution in [0.2, 0.25) is 0 Å². The van der Waals surface area contributed by atoms with E-state index >= 15 is 0 Å². The maximum absolute atomic E-state index is 11.4. The van der Waals surface area contributed by atoms with Gasteiger partial charge in [0.05, 0.1) is 5.41 Å². The molecule has 26 heavy (non-hydrogen) atoms. The number of hydrogen-bond donors (Lipinski definition) is 0. The van der Waals surface area contributed by atoms with E-state index in [0.717, 1.165) is 44.3 Å². The summed E-state index contributed by atoms with van der Waals surface area (Å²) in [4.78, 5) is 13.7. The quantitative estimate of drug-likeness (QED) is 0.701. The van der Waals surface area contributed by atoms with Crippen LogP contribution in [0.3, 0.4) is 0 Å². The van der Waals surface area contributed by atoms with E-state index < -0.39 is 0 Å². The zero-order valence-electron chi connectivity index (χ0n) is 16.2. The summed E-state index contributed by atoms with van der Waals surface area (Å²) in [6.45, 7) is 12.3. The summed E-state index contributed by atoms with van der Waals surface area (Å²) in [6.07, 6.45) is 4.14. The Bertz CT molecular complexity index is 799. The van der Waals surface area contributed by atoms with Gasteiger partial charge < -0.3 is 9.69 Å². The van der Waals surface area contributed by atoms with Crippen molar-refractivity contribution in [3.63, 3.8) is 0 Å². The predicted molar refractivity (Wildman–Crippen MR) is 109 cm³/mol. The third-order valence-corrected chi connectivity index (χ3v) is 5.53. The van der Waals surface area contributed by atoms with Crippen LogP contribution in [-0.2, 0) is 23.2 Å². The van der Waals surface area contributed by atoms with E-state index in [2.05, 4.69) is 60.9 Å². The Morgan fingerprint density at radius 1 is 1.12 bits per heavy atom. The highest BCUT2D eigenvalue weighted by atomic mass is 16.1. The molecule has 1 aliphatic heterocycles. The van der Waals surface area contributed by atoms with Gasteiger partial charge in [-0.3, -0.25) is 0 Å². The van der Waals surface area contributed by atoms with Crippen molar-refractivity contribution < 1.29 is 4.79 Å². The lowest BCUT2D eigenvalue weighted by Crippen LogP contribution is -2.29. The van der Waals surface area contributed by atoms with Crippen LogP contribution in [0.15, 0.2) is 49.0 Å². The summed E-state index contributed by atoms with van der Waals surface area (Å²) in [5.41, 5.74) is 7.29. The molecule has 0 saturated heterocycles. The average molecular weight is 348 g/mol. The molecule has 2 aromatic rings. The first-order chi connectivity index (χ1) is 12.6. The standard InChI is InChI=1S/C22H23NO.C2H6/c1-16-3-5-18(6-4-16)14-23-12-9-19-13-20(22(15-24)10-11-22)7-8-21(19)17(23)2;1-2/h3-8,13,15H,2,9-12,14H2,1H3;1-2H3. The fraction of sp³-hybridized carbons (Fsp3) is 0.375. The van der Waals surface area contributed by atoms with Gasteiger partial charge in [0, 0.05) is 24.4 Å². The van der Waals surface area contributed by atoms with Crippen molar-refractivity contribution in [3.05, 3.63) is 76.9 Å². The van der Waals surface area contributed by atoms with Gasteiger partial charge in [-0.2, -0.15) is 0 Å². The Morgan fingerprint density at radius 3 is 2.42 bits per heavy atom. The Morgan fingerprint density at radius 2 is 1.81 bits per heavy atom. The van der Waals surface area contributed by atoms with Crippen LogP contribution in [0.25, 0.3) is 5.70 Å². The van der Waals surface area contributed by atoms with E-state index in [4.69, 9.17) is 0 Å². The molecule has 0 bridgehead atoms. The van der Waals surface area contributed by atoms with Gasteiger partial charge in [0.1, 0.15) is 6.29 Å². The predicted octanol–water partition coefficient (Wildman–Crippen LogP) is 5.28. The molecular weight excluding hydrogens is 318 g/mol. The first-order valence-corrected chi connectivity index (χ1v) is 9.71. The molecule has 0 N–H and O–H groups in total. The van der Waals surface area contributed by atoms with Gasteiger partial charge in [-0.15, -0.1) is 0 Å². The molecule has 1 heterocycles. The molecule has 0 radical (unpaired) electrons. The van der Waals surface area contributed by atoms with Crippen molar-refractivity contribution in [2.75, 3.05) is 6.54 Å². The number of carbonyl (C=O) groups is 1. The lowest BCUT2D eigenvalue weighted by Gasteiger charge is -2.33. The minimum Gasteiger partial charge on any atom is -0.367 e. The fourth-order valence-electron chi connectivity index (χ4n) is 3.65. The number of hydrogen-bond acceptors (Lipinski definition) is 2. The van der Waals surface area contributed by atoms with E-state index in [9.17, 15) is 4.79 Å². The zero-order valence-corrected chi connectivity index (χ0v) is 16.2. The molecule has 0 atom stereocenters. The summed E-state index contributed by atoms with van der Waals surface area (Å²) >= 11 is 0. The van der Waals surface area contributed by atoms with E-state index in [1.165, 1.54) is 27.8 Å². The molecule has 2 aliphatic rings. The van der Waals surface area contributed by atoms with E-state index in [0.29, 0.717) is 0 Å². The minimum absolute atomic E-state index is 0.185. The van der Waals surface area contributed by atoms with Crippen LogP contribution in [0.1, 0.15) is 54.5 Å². The highest BCUT2D eigenvalue weighted by Gasteiger charge is 2.44. The number of carbonyl (C=O) groups excluding carboxylic acids is 1. The van der Waals surface area contributed by atoms with Gasteiger partial charge in [-0.25, -0.2) is 0 Å². The molecule has 4 rings (SSSR count). The number of fused-ring (bicyclic) bond motifs is 1. The van der Waals surface area contributed by atoms with Crippen LogP contribution < -0.4 is 0 Å². The maximum Gasteiger partial charge on any atom is 0.130 e. The summed E-state index contributed by atoms with van der Waals surface area (Å²) in [7, 11) is 0. The minimum atomic E-state index is -0.185. The molecule has 2 nitrogen and oxygen atoms in total. The first kappa shape index (κ1) is 18.4. The molecule has 0 unspecified atom stereocenters. The van der Waals surface area contributed by atoms with Crippen LogP contribution in [-0.4, -0.2) is 17.7 Å². The van der Waals surface area contributed by atoms with Gasteiger partial charge in [-0.05, 0) is 42.9 Å². The largest absolute Gasteiger partial charge is 0.367 e. The topological polar surface area (TPSA) is 20.3 Å². The molecule has 1 fully saturated rings. The summed E-state index contributed by atoms with van der Waals surface area (Å²) in [5.74, 6) is 0. The maximum atomic E-state index is 11.4. The normalized spacial score (nSPS) is 17.0. The van der Waals surface area contributed by atoms with E-state index in [1.807, 2.05) is 13.8 Å². The third kappa shape index (κ3) is 3.46. The summed E-state index contributed by atoms with van der Waals surface area (Å²) in [5, 5.41) is 0. The van der Waals surface area contributed by atoms with Crippen LogP contribution in [0.5, 0.6) is 0 Å². The van der Waals surface area contributed by atoms with Gasteiger partial charge in [0.25, 0.3) is 0 Å². The van der Waals surface area contributed by atoms with Crippen LogP contribution >= 0.6 is 0 Å². The second-order valence-electron chi connectivity index (χ2n) is 7.25. The highest BCUT2D eigenvalue weighted by Crippen LogP contribution is 2.47. The lowest BCUT2D eigenvalue weighted by atomic mass is 9.89. The molecule has 0 amide bonds. The third-order valence-electron chi connectivity index (χ3n) is 5.53. The molecule has 136 valence electrons. The monoisotopic (exact) mass is 347 g/mol. The van der Waals surface area contributed by atoms with Crippen LogP contribution in [0.4, 0.5) is 0 Å². The number of rotatable bonds is 4. The Kier molecular flexibility index (Phi) is 5.31. The Balaban J connectivity index is 0.000000948. The van der Waals surface area contributed by atoms with Crippen molar-refractivity contribution >= 4 is 12.0 Å². The van der Waals surface area contributed by atoms with Crippen molar-refractivity contribution in [1.29, 1.82) is 0 Å². The van der Waals surface area contributed by atoms with Crippen molar-refractivity contribution in [1.82, 2.24) is 4.90 Å². The molecule has 1 aliphatic carbocycles. The Hall–Kier alpha value is -2.35. The van der Waals surface area contributed by atoms with Gasteiger partial charge in [0.2, 0.25) is 0 Å². The SMILES string of the molecule is C=C1c2ccc(C3(C=O)CC3)cc2CCN1Cc1ccc(C)cc1.CC. The van der Waals surface area contributed by atoms with Gasteiger partial charge in [-0.1, -0.05) is 68.5 Å². The highest BCUT2D eigenvalue weighted by molar-refractivity contribution is 5.75. The number of nitrogens with zero attached hydrogens (tertiary/aromatic N) is 1. The fourth-order valence-corrected chi connectivity index (χ4v) is 3.65. The zero-order chi connectivity index (χ0) is 18.7. The molecule has 0 aromatic heterocycles. The van der Waals surface area contributed by atoms with Gasteiger partial charge in [0.15, 0.2) is 0 Å². The first-order valence-electron chi connectivity index (χ1n) is 9.71. The van der Waals surface area contributed by atoms with Crippen molar-refractivity contribution in [2.45, 2.75) is 52.0 Å². The molecule has 2 heteroatoms. The molecular formula is C24H29NO. The summed E-state index contributed by atoms with van der Waals surface area (Å²) in [6, 6.07) is 15.3. The summed E-state index contributed by atoms with van der Waals surface area (Å²) < 4.78 is 0. The molecule has 1 saturated carbocycles. The lowest BCUT2D eigenvalue weighted by molar-refractivity contribution is -0.109. The number of aldehydes is 1. The van der Waals surface area contributed by atoms with Crippen molar-refractivity contribution in [2.24, 2.45) is 0 Å².